The lowest BCUT2D eigenvalue weighted by molar-refractivity contribution is -0.188. The van der Waals surface area contributed by atoms with Crippen molar-refractivity contribution in [1.82, 2.24) is 19.9 Å². The number of halogens is 3. The zero-order valence-corrected chi connectivity index (χ0v) is 16.9. The van der Waals surface area contributed by atoms with Crippen molar-refractivity contribution in [1.29, 1.82) is 0 Å². The van der Waals surface area contributed by atoms with Crippen molar-refractivity contribution in [2.75, 3.05) is 13.2 Å². The molecule has 1 saturated heterocycles. The molecule has 0 aliphatic carbocycles. The van der Waals surface area contributed by atoms with Crippen LogP contribution in [0.15, 0.2) is 24.8 Å². The van der Waals surface area contributed by atoms with Gasteiger partial charge in [-0.1, -0.05) is 13.8 Å². The number of ether oxygens (including phenoxy) is 3. The fraction of sp³-hybridized carbons (Fsp3) is 0.579. The van der Waals surface area contributed by atoms with Gasteiger partial charge in [0.05, 0.1) is 19.0 Å². The number of aliphatic hydroxyl groups excluding tert-OH is 2. The summed E-state index contributed by atoms with van der Waals surface area (Å²) in [5, 5.41) is 20.6. The summed E-state index contributed by atoms with van der Waals surface area (Å²) in [5.74, 6) is 0.0130. The van der Waals surface area contributed by atoms with E-state index in [-0.39, 0.29) is 19.2 Å². The van der Waals surface area contributed by atoms with Crippen LogP contribution in [0.4, 0.5) is 13.2 Å². The summed E-state index contributed by atoms with van der Waals surface area (Å²) in [5.41, 5.74) is -0.271. The Bertz CT molecular complexity index is 853. The van der Waals surface area contributed by atoms with E-state index in [1.165, 1.54) is 0 Å². The number of aliphatic hydroxyl groups is 2. The summed E-state index contributed by atoms with van der Waals surface area (Å²) >= 11 is 0. The molecule has 2 aromatic heterocycles. The Morgan fingerprint density at radius 3 is 2.48 bits per heavy atom. The summed E-state index contributed by atoms with van der Waals surface area (Å²) < 4.78 is 54.4. The van der Waals surface area contributed by atoms with Crippen molar-refractivity contribution < 1.29 is 37.6 Å². The minimum Gasteiger partial charge on any atom is -0.468 e. The fourth-order valence-electron chi connectivity index (χ4n) is 2.95. The molecule has 1 aliphatic heterocycles. The maximum Gasteiger partial charge on any atom is 0.435 e. The standard InChI is InChI=1S/C19H23F3N4O5/c1-10(2)3-11-4-24-18(25-5-11)30-8-12-16(27)17(28)13(9-29-12)31-15-7-23-6-14(26-15)19(20,21)22/h4-7,10,12-13,16-17,27-28H,3,8-9H2,1-2H3/t12-,13?,16+,17-/m1/s1. The maximum absolute atomic E-state index is 12.7. The van der Waals surface area contributed by atoms with Crippen LogP contribution in [0.3, 0.4) is 0 Å². The second kappa shape index (κ2) is 9.71. The first kappa shape index (κ1) is 23.1. The molecule has 12 heteroatoms. The highest BCUT2D eigenvalue weighted by molar-refractivity contribution is 5.12. The van der Waals surface area contributed by atoms with Crippen LogP contribution in [-0.4, -0.2) is 67.8 Å². The Labute approximate surface area is 176 Å². The van der Waals surface area contributed by atoms with Gasteiger partial charge in [-0.3, -0.25) is 4.98 Å². The van der Waals surface area contributed by atoms with E-state index in [0.29, 0.717) is 12.1 Å². The summed E-state index contributed by atoms with van der Waals surface area (Å²) in [6, 6.07) is 0.0930. The van der Waals surface area contributed by atoms with E-state index >= 15 is 0 Å². The van der Waals surface area contributed by atoms with Gasteiger partial charge in [-0.25, -0.2) is 15.0 Å². The van der Waals surface area contributed by atoms with E-state index in [1.807, 2.05) is 0 Å². The number of hydrogen-bond donors (Lipinski definition) is 2. The van der Waals surface area contributed by atoms with Gasteiger partial charge in [0, 0.05) is 12.4 Å². The highest BCUT2D eigenvalue weighted by atomic mass is 19.4. The predicted molar refractivity (Wildman–Crippen MR) is 99.3 cm³/mol. The van der Waals surface area contributed by atoms with Gasteiger partial charge in [-0.15, -0.1) is 0 Å². The minimum absolute atomic E-state index is 0.0930. The van der Waals surface area contributed by atoms with Crippen molar-refractivity contribution in [2.24, 2.45) is 5.92 Å². The normalized spacial score (nSPS) is 24.3. The lowest BCUT2D eigenvalue weighted by atomic mass is 10.0. The van der Waals surface area contributed by atoms with Gasteiger partial charge < -0.3 is 24.4 Å². The summed E-state index contributed by atoms with van der Waals surface area (Å²) in [4.78, 5) is 14.9. The van der Waals surface area contributed by atoms with E-state index < -0.39 is 42.2 Å². The van der Waals surface area contributed by atoms with Gasteiger partial charge in [0.15, 0.2) is 11.8 Å². The molecule has 0 bridgehead atoms. The van der Waals surface area contributed by atoms with Crippen LogP contribution in [0.25, 0.3) is 0 Å². The Morgan fingerprint density at radius 1 is 1.13 bits per heavy atom. The van der Waals surface area contributed by atoms with Crippen molar-refractivity contribution in [3.8, 4) is 11.9 Å². The Hall–Kier alpha value is -2.57. The van der Waals surface area contributed by atoms with Crippen LogP contribution >= 0.6 is 0 Å². The van der Waals surface area contributed by atoms with Gasteiger partial charge in [0.2, 0.25) is 5.88 Å². The smallest absolute Gasteiger partial charge is 0.435 e. The van der Waals surface area contributed by atoms with E-state index in [9.17, 15) is 23.4 Å². The van der Waals surface area contributed by atoms with E-state index in [0.717, 1.165) is 18.2 Å². The van der Waals surface area contributed by atoms with Gasteiger partial charge >= 0.3 is 12.2 Å². The summed E-state index contributed by atoms with van der Waals surface area (Å²) in [7, 11) is 0. The molecule has 1 aliphatic rings. The molecule has 170 valence electrons. The zero-order valence-electron chi connectivity index (χ0n) is 16.9. The van der Waals surface area contributed by atoms with Gasteiger partial charge in [-0.05, 0) is 17.9 Å². The zero-order chi connectivity index (χ0) is 22.6. The van der Waals surface area contributed by atoms with Gasteiger partial charge in [0.1, 0.15) is 24.9 Å². The second-order valence-electron chi connectivity index (χ2n) is 7.53. The topological polar surface area (TPSA) is 120 Å². The third-order valence-electron chi connectivity index (χ3n) is 4.46. The molecule has 2 aromatic rings. The molecule has 0 radical (unpaired) electrons. The molecule has 1 fully saturated rings. The Morgan fingerprint density at radius 2 is 1.84 bits per heavy atom. The molecular weight excluding hydrogens is 421 g/mol. The number of alkyl halides is 3. The van der Waals surface area contributed by atoms with Crippen molar-refractivity contribution in [2.45, 2.75) is 50.9 Å². The largest absolute Gasteiger partial charge is 0.468 e. The first-order valence-electron chi connectivity index (χ1n) is 9.61. The predicted octanol–water partition coefficient (Wildman–Crippen LogP) is 1.43. The lowest BCUT2D eigenvalue weighted by Crippen LogP contribution is -2.56. The molecule has 4 atom stereocenters. The van der Waals surface area contributed by atoms with Crippen LogP contribution < -0.4 is 9.47 Å². The summed E-state index contributed by atoms with van der Waals surface area (Å²) in [6.45, 7) is 3.80. The molecule has 0 aromatic carbocycles. The highest BCUT2D eigenvalue weighted by Crippen LogP contribution is 2.28. The van der Waals surface area contributed by atoms with Gasteiger partial charge in [0.25, 0.3) is 0 Å². The molecular formula is C19H23F3N4O5. The molecule has 0 saturated carbocycles. The fourth-order valence-corrected chi connectivity index (χ4v) is 2.95. The maximum atomic E-state index is 12.7. The second-order valence-corrected chi connectivity index (χ2v) is 7.53. The third-order valence-corrected chi connectivity index (χ3v) is 4.46. The molecule has 2 N–H and O–H groups in total. The minimum atomic E-state index is -4.69. The van der Waals surface area contributed by atoms with Crippen molar-refractivity contribution in [3.05, 3.63) is 36.0 Å². The monoisotopic (exact) mass is 444 g/mol. The number of hydrogen-bond acceptors (Lipinski definition) is 9. The van der Waals surface area contributed by atoms with E-state index in [1.54, 1.807) is 12.4 Å². The van der Waals surface area contributed by atoms with E-state index in [2.05, 4.69) is 33.8 Å². The molecule has 31 heavy (non-hydrogen) atoms. The Kier molecular flexibility index (Phi) is 7.23. The Balaban J connectivity index is 1.54. The quantitative estimate of drug-likeness (QED) is 0.653. The van der Waals surface area contributed by atoms with Crippen LogP contribution in [0.1, 0.15) is 25.1 Å². The van der Waals surface area contributed by atoms with E-state index in [4.69, 9.17) is 14.2 Å². The average Bonchev–Trinajstić information content (AvgIpc) is 2.71. The molecule has 3 heterocycles. The lowest BCUT2D eigenvalue weighted by Gasteiger charge is -2.36. The van der Waals surface area contributed by atoms with Crippen LogP contribution in [-0.2, 0) is 17.3 Å². The van der Waals surface area contributed by atoms with Crippen molar-refractivity contribution >= 4 is 0 Å². The summed E-state index contributed by atoms with van der Waals surface area (Å²) in [6.07, 6.45) is -3.96. The average molecular weight is 444 g/mol. The van der Waals surface area contributed by atoms with Crippen molar-refractivity contribution in [3.63, 3.8) is 0 Å². The highest BCUT2D eigenvalue weighted by Gasteiger charge is 2.41. The number of rotatable bonds is 7. The SMILES string of the molecule is CC(C)Cc1cnc(OC[C@H]2OCC(Oc3cncc(C(F)(F)F)n3)[C@@H](O)[C@H]2O)nc1. The number of aromatic nitrogens is 4. The molecule has 9 nitrogen and oxygen atoms in total. The molecule has 3 rings (SSSR count). The third kappa shape index (κ3) is 6.21. The number of nitrogens with zero attached hydrogens (tertiary/aromatic N) is 4. The van der Waals surface area contributed by atoms with Crippen LogP contribution in [0.5, 0.6) is 11.9 Å². The molecule has 0 spiro atoms. The first-order valence-corrected chi connectivity index (χ1v) is 9.61. The molecule has 1 unspecified atom stereocenters. The van der Waals surface area contributed by atoms with Gasteiger partial charge in [-0.2, -0.15) is 13.2 Å². The van der Waals surface area contributed by atoms with Crippen LogP contribution in [0, 0.1) is 5.92 Å². The molecule has 0 amide bonds. The first-order chi connectivity index (χ1) is 14.6. The van der Waals surface area contributed by atoms with Crippen LogP contribution in [0.2, 0.25) is 0 Å².